The van der Waals surface area contributed by atoms with Crippen LogP contribution in [-0.2, 0) is 0 Å². The van der Waals surface area contributed by atoms with Crippen LogP contribution in [0.1, 0.15) is 10.5 Å². The maximum Gasteiger partial charge on any atom is 0.329 e. The summed E-state index contributed by atoms with van der Waals surface area (Å²) in [7, 11) is 0. The maximum absolute atomic E-state index is 11.5. The lowest BCUT2D eigenvalue weighted by atomic mass is 10.3. The van der Waals surface area contributed by atoms with E-state index in [1.165, 1.54) is 6.07 Å². The third kappa shape index (κ3) is 3.61. The lowest BCUT2D eigenvalue weighted by molar-refractivity contribution is 0.00230. The van der Waals surface area contributed by atoms with E-state index in [4.69, 9.17) is 17.1 Å². The Bertz CT molecular complexity index is 709. The summed E-state index contributed by atoms with van der Waals surface area (Å²) in [5.41, 5.74) is 8.91. The fourth-order valence-electron chi connectivity index (χ4n) is 1.31. The van der Waals surface area contributed by atoms with E-state index in [1.807, 2.05) is 18.2 Å². The third-order valence-electron chi connectivity index (χ3n) is 2.14. The standard InChI is InChI=1S/C12H7ClN6O/c13-12-16-9(10(20)7-15-14)6-11(17-12)19-18-8-4-2-1-3-5-8/h1-7H. The van der Waals surface area contributed by atoms with Crippen molar-refractivity contribution >= 4 is 35.1 Å². The van der Waals surface area contributed by atoms with Crippen LogP contribution in [-0.4, -0.2) is 26.8 Å². The van der Waals surface area contributed by atoms with E-state index in [0.717, 1.165) is 0 Å². The van der Waals surface area contributed by atoms with Crippen LogP contribution in [0.25, 0.3) is 5.53 Å². The van der Waals surface area contributed by atoms with Gasteiger partial charge in [0.05, 0.1) is 5.69 Å². The SMILES string of the molecule is [N-]=[N+]=CC(=O)c1cc(N=Nc2ccccc2)nc(Cl)n1. The van der Waals surface area contributed by atoms with Crippen LogP contribution in [0.2, 0.25) is 5.28 Å². The van der Waals surface area contributed by atoms with Crippen molar-refractivity contribution in [3.05, 3.63) is 52.9 Å². The molecule has 0 bridgehead atoms. The number of nitrogens with zero attached hydrogens (tertiary/aromatic N) is 6. The van der Waals surface area contributed by atoms with Crippen molar-refractivity contribution < 1.29 is 9.58 Å². The Morgan fingerprint density at radius 2 is 2.00 bits per heavy atom. The maximum atomic E-state index is 11.5. The number of hydrogen-bond donors (Lipinski definition) is 0. The van der Waals surface area contributed by atoms with Gasteiger partial charge in [0.1, 0.15) is 5.69 Å². The Morgan fingerprint density at radius 1 is 1.25 bits per heavy atom. The summed E-state index contributed by atoms with van der Waals surface area (Å²) < 4.78 is 0. The molecule has 8 heteroatoms. The Balaban J connectivity index is 2.31. The summed E-state index contributed by atoms with van der Waals surface area (Å²) in [6.07, 6.45) is 0.705. The second-order valence-corrected chi connectivity index (χ2v) is 3.86. The fraction of sp³-hybridized carbons (Fsp3) is 0. The summed E-state index contributed by atoms with van der Waals surface area (Å²) in [6, 6.07) is 10.3. The summed E-state index contributed by atoms with van der Waals surface area (Å²) in [4.78, 5) is 21.7. The predicted molar refractivity (Wildman–Crippen MR) is 71.7 cm³/mol. The Morgan fingerprint density at radius 3 is 2.70 bits per heavy atom. The van der Waals surface area contributed by atoms with Crippen LogP contribution >= 0.6 is 11.6 Å². The molecule has 0 N–H and O–H groups in total. The normalized spacial score (nSPS) is 10.2. The fourth-order valence-corrected chi connectivity index (χ4v) is 1.48. The van der Waals surface area contributed by atoms with Crippen molar-refractivity contribution in [1.82, 2.24) is 9.97 Å². The molecule has 0 unspecified atom stereocenters. The van der Waals surface area contributed by atoms with Crippen LogP contribution < -0.4 is 0 Å². The van der Waals surface area contributed by atoms with E-state index < -0.39 is 5.78 Å². The molecule has 0 amide bonds. The second kappa shape index (κ2) is 6.42. The summed E-state index contributed by atoms with van der Waals surface area (Å²) in [5.74, 6) is -0.489. The van der Waals surface area contributed by atoms with Crippen molar-refractivity contribution in [2.45, 2.75) is 0 Å². The van der Waals surface area contributed by atoms with Gasteiger partial charge in [-0.3, -0.25) is 4.79 Å². The zero-order valence-electron chi connectivity index (χ0n) is 10.0. The molecule has 2 aromatic rings. The molecule has 0 aliphatic heterocycles. The quantitative estimate of drug-likeness (QED) is 0.283. The molecule has 0 radical (unpaired) electrons. The van der Waals surface area contributed by atoms with E-state index in [2.05, 4.69) is 25.0 Å². The van der Waals surface area contributed by atoms with Gasteiger partial charge in [-0.05, 0) is 23.7 Å². The number of benzene rings is 1. The smallest absolute Gasteiger partial charge is 0.329 e. The first-order chi connectivity index (χ1) is 9.69. The highest BCUT2D eigenvalue weighted by molar-refractivity contribution is 6.33. The number of carbonyl (C=O) groups is 1. The first-order valence-corrected chi connectivity index (χ1v) is 5.80. The van der Waals surface area contributed by atoms with Gasteiger partial charge in [0, 0.05) is 6.07 Å². The lowest BCUT2D eigenvalue weighted by Gasteiger charge is -1.96. The molecule has 1 aromatic heterocycles. The highest BCUT2D eigenvalue weighted by atomic mass is 35.5. The van der Waals surface area contributed by atoms with Crippen molar-refractivity contribution in [3.63, 3.8) is 0 Å². The highest BCUT2D eigenvalue weighted by Gasteiger charge is 2.12. The van der Waals surface area contributed by atoms with Gasteiger partial charge in [0.2, 0.25) is 5.28 Å². The number of aromatic nitrogens is 2. The van der Waals surface area contributed by atoms with Crippen LogP contribution in [0.5, 0.6) is 0 Å². The van der Waals surface area contributed by atoms with Gasteiger partial charge < -0.3 is 5.53 Å². The Labute approximate surface area is 118 Å². The molecule has 0 aliphatic carbocycles. The van der Waals surface area contributed by atoms with E-state index in [0.29, 0.717) is 11.9 Å². The topological polar surface area (TPSA) is 104 Å². The molecule has 0 spiro atoms. The molecule has 0 aliphatic rings. The minimum atomic E-state index is -0.618. The molecular formula is C12H7ClN6O. The van der Waals surface area contributed by atoms with Gasteiger partial charge in [0.25, 0.3) is 5.78 Å². The van der Waals surface area contributed by atoms with Gasteiger partial charge in [-0.25, -0.2) is 4.98 Å². The second-order valence-electron chi connectivity index (χ2n) is 3.52. The number of rotatable bonds is 4. The van der Waals surface area contributed by atoms with Gasteiger partial charge >= 0.3 is 6.21 Å². The predicted octanol–water partition coefficient (Wildman–Crippen LogP) is 3.03. The van der Waals surface area contributed by atoms with Crippen LogP contribution in [0.15, 0.2) is 46.6 Å². The van der Waals surface area contributed by atoms with Crippen LogP contribution in [0.3, 0.4) is 0 Å². The van der Waals surface area contributed by atoms with Crippen molar-refractivity contribution in [2.24, 2.45) is 10.2 Å². The Kier molecular flexibility index (Phi) is 4.39. The molecule has 0 fully saturated rings. The van der Waals surface area contributed by atoms with Gasteiger partial charge in [-0.15, -0.1) is 10.2 Å². The number of azo groups is 1. The molecule has 1 heterocycles. The van der Waals surface area contributed by atoms with Gasteiger partial charge in [-0.2, -0.15) is 9.77 Å². The number of ketones is 1. The first-order valence-electron chi connectivity index (χ1n) is 5.42. The minimum Gasteiger partial charge on any atom is -0.361 e. The molecule has 20 heavy (non-hydrogen) atoms. The van der Waals surface area contributed by atoms with E-state index in [1.54, 1.807) is 12.1 Å². The molecule has 0 atom stereocenters. The molecule has 7 nitrogen and oxygen atoms in total. The molecule has 1 aromatic carbocycles. The number of hydrogen-bond acceptors (Lipinski definition) is 5. The molecule has 98 valence electrons. The highest BCUT2D eigenvalue weighted by Crippen LogP contribution is 2.18. The van der Waals surface area contributed by atoms with Crippen LogP contribution in [0, 0.1) is 0 Å². The van der Waals surface area contributed by atoms with E-state index in [-0.39, 0.29) is 16.8 Å². The zero-order chi connectivity index (χ0) is 14.4. The largest absolute Gasteiger partial charge is 0.361 e. The number of carbonyl (C=O) groups excluding carboxylic acids is 1. The third-order valence-corrected chi connectivity index (χ3v) is 2.31. The first kappa shape index (κ1) is 13.7. The monoisotopic (exact) mass is 286 g/mol. The summed E-state index contributed by atoms with van der Waals surface area (Å²) in [5, 5.41) is 7.67. The summed E-state index contributed by atoms with van der Waals surface area (Å²) in [6.45, 7) is 0. The van der Waals surface area contributed by atoms with Crippen molar-refractivity contribution in [1.29, 1.82) is 0 Å². The molecule has 0 saturated heterocycles. The van der Waals surface area contributed by atoms with Crippen molar-refractivity contribution in [2.75, 3.05) is 0 Å². The molecule has 2 rings (SSSR count). The molecule has 0 saturated carbocycles. The average molecular weight is 287 g/mol. The van der Waals surface area contributed by atoms with Gasteiger partial charge in [-0.1, -0.05) is 18.2 Å². The van der Waals surface area contributed by atoms with Gasteiger partial charge in [0.15, 0.2) is 5.82 Å². The number of Topliss-reactive ketones (excluding diaryl/α,β-unsaturated/α-hetero) is 1. The minimum absolute atomic E-state index is 0.0372. The lowest BCUT2D eigenvalue weighted by Crippen LogP contribution is -2.04. The Hall–Kier alpha value is -2.76. The van der Waals surface area contributed by atoms with Crippen molar-refractivity contribution in [3.8, 4) is 0 Å². The van der Waals surface area contributed by atoms with E-state index >= 15 is 0 Å². The average Bonchev–Trinajstić information content (AvgIpc) is 2.46. The van der Waals surface area contributed by atoms with E-state index in [9.17, 15) is 4.79 Å². The zero-order valence-corrected chi connectivity index (χ0v) is 10.8. The molecular weight excluding hydrogens is 280 g/mol. The van der Waals surface area contributed by atoms with Crippen LogP contribution in [0.4, 0.5) is 11.5 Å². The number of halogens is 1. The summed E-state index contributed by atoms with van der Waals surface area (Å²) >= 11 is 5.69.